The van der Waals surface area contributed by atoms with Gasteiger partial charge >= 0.3 is 11.9 Å². The highest BCUT2D eigenvalue weighted by Gasteiger charge is 2.42. The fraction of sp³-hybridized carbons (Fsp3) is 0.905. The van der Waals surface area contributed by atoms with Crippen molar-refractivity contribution in [3.63, 3.8) is 0 Å². The quantitative estimate of drug-likeness (QED) is 0.667. The second-order valence-corrected chi connectivity index (χ2v) is 10.0. The van der Waals surface area contributed by atoms with Crippen molar-refractivity contribution in [2.75, 3.05) is 0 Å². The molecule has 5 atom stereocenters. The van der Waals surface area contributed by atoms with Gasteiger partial charge in [0.05, 0.1) is 11.8 Å². The van der Waals surface area contributed by atoms with Crippen LogP contribution in [0.5, 0.6) is 0 Å². The van der Waals surface area contributed by atoms with Gasteiger partial charge in [0.25, 0.3) is 0 Å². The Balaban J connectivity index is 2.85. The number of hydrogen-bond donors (Lipinski definition) is 0. The molecule has 0 amide bonds. The fourth-order valence-electron chi connectivity index (χ4n) is 2.80. The van der Waals surface area contributed by atoms with Crippen LogP contribution < -0.4 is 0 Å². The number of hydrogen-bond acceptors (Lipinski definition) is 4. The predicted octanol–water partition coefficient (Wildman–Crippen LogP) is 4.99. The molecule has 1 fully saturated rings. The minimum atomic E-state index is -0.395. The van der Waals surface area contributed by atoms with E-state index in [1.54, 1.807) is 0 Å². The first-order valence-electron chi connectivity index (χ1n) is 9.64. The number of esters is 2. The van der Waals surface area contributed by atoms with Gasteiger partial charge in [0, 0.05) is 0 Å². The van der Waals surface area contributed by atoms with E-state index in [0.29, 0.717) is 18.8 Å². The van der Waals surface area contributed by atoms with Crippen LogP contribution in [0.3, 0.4) is 0 Å². The van der Waals surface area contributed by atoms with E-state index in [4.69, 9.17) is 9.47 Å². The van der Waals surface area contributed by atoms with E-state index in [1.807, 2.05) is 55.4 Å². The van der Waals surface area contributed by atoms with E-state index in [1.165, 1.54) is 0 Å². The first-order chi connectivity index (χ1) is 11.2. The normalized spacial score (nSPS) is 27.3. The molecule has 0 N–H and O–H groups in total. The molecule has 1 saturated carbocycles. The molecule has 1 rings (SSSR count). The van der Waals surface area contributed by atoms with Crippen LogP contribution in [0.1, 0.15) is 81.6 Å². The lowest BCUT2D eigenvalue weighted by atomic mass is 9.74. The molecule has 0 heterocycles. The Labute approximate surface area is 154 Å². The molecule has 1 aliphatic rings. The molecule has 0 aromatic heterocycles. The lowest BCUT2D eigenvalue weighted by Crippen LogP contribution is -2.41. The number of ether oxygens (including phenoxy) is 2. The van der Waals surface area contributed by atoms with Crippen molar-refractivity contribution < 1.29 is 19.1 Å². The third kappa shape index (κ3) is 6.31. The Bertz CT molecular complexity index is 469. The van der Waals surface area contributed by atoms with Gasteiger partial charge in [-0.25, -0.2) is 0 Å². The summed E-state index contributed by atoms with van der Waals surface area (Å²) >= 11 is 0. The van der Waals surface area contributed by atoms with Gasteiger partial charge in [-0.15, -0.1) is 0 Å². The molecule has 0 spiro atoms. The van der Waals surface area contributed by atoms with Crippen molar-refractivity contribution in [3.8, 4) is 0 Å². The summed E-state index contributed by atoms with van der Waals surface area (Å²) in [5.41, 5.74) is -0.235. The minimum absolute atomic E-state index is 0.117. The van der Waals surface area contributed by atoms with Crippen LogP contribution in [0.4, 0.5) is 0 Å². The zero-order valence-corrected chi connectivity index (χ0v) is 17.6. The van der Waals surface area contributed by atoms with Gasteiger partial charge in [-0.3, -0.25) is 9.59 Å². The molecule has 0 aromatic carbocycles. The van der Waals surface area contributed by atoms with Crippen molar-refractivity contribution in [2.45, 2.75) is 93.8 Å². The van der Waals surface area contributed by atoms with Crippen LogP contribution in [0.15, 0.2) is 0 Å². The maximum atomic E-state index is 12.8. The number of carbonyl (C=O) groups excluding carboxylic acids is 2. The minimum Gasteiger partial charge on any atom is -0.462 e. The molecule has 0 aromatic rings. The van der Waals surface area contributed by atoms with Crippen LogP contribution in [0.25, 0.3) is 0 Å². The Kier molecular flexibility index (Phi) is 7.12. The van der Waals surface area contributed by atoms with Crippen molar-refractivity contribution in [2.24, 2.45) is 28.6 Å². The first-order valence-corrected chi connectivity index (χ1v) is 9.64. The summed E-state index contributed by atoms with van der Waals surface area (Å²) in [7, 11) is 0. The summed E-state index contributed by atoms with van der Waals surface area (Å²) in [5.74, 6) is -0.862. The van der Waals surface area contributed by atoms with Gasteiger partial charge in [-0.2, -0.15) is 0 Å². The van der Waals surface area contributed by atoms with Gasteiger partial charge in [-0.05, 0) is 49.9 Å². The van der Waals surface area contributed by atoms with Crippen molar-refractivity contribution >= 4 is 11.9 Å². The third-order valence-corrected chi connectivity index (χ3v) is 5.74. The van der Waals surface area contributed by atoms with Crippen LogP contribution in [0.2, 0.25) is 0 Å². The molecule has 0 aliphatic heterocycles. The SMILES string of the molecule is CC1CCC(C(=O)OC(C)C(C)(C)C)C(C(=O)OC(C)C(C)(C)C)C1. The maximum Gasteiger partial charge on any atom is 0.310 e. The van der Waals surface area contributed by atoms with Crippen LogP contribution in [0, 0.1) is 28.6 Å². The van der Waals surface area contributed by atoms with Crippen LogP contribution >= 0.6 is 0 Å². The van der Waals surface area contributed by atoms with E-state index < -0.39 is 5.92 Å². The van der Waals surface area contributed by atoms with Gasteiger partial charge in [0.1, 0.15) is 12.2 Å². The zero-order chi connectivity index (χ0) is 19.6. The summed E-state index contributed by atoms with van der Waals surface area (Å²) in [4.78, 5) is 25.5. The van der Waals surface area contributed by atoms with Crippen LogP contribution in [-0.2, 0) is 19.1 Å². The van der Waals surface area contributed by atoms with Crippen LogP contribution in [-0.4, -0.2) is 24.1 Å². The summed E-state index contributed by atoms with van der Waals surface area (Å²) in [6, 6.07) is 0. The maximum absolute atomic E-state index is 12.8. The number of carbonyl (C=O) groups is 2. The van der Waals surface area contributed by atoms with E-state index in [-0.39, 0.29) is 40.9 Å². The molecule has 4 nitrogen and oxygen atoms in total. The average molecular weight is 355 g/mol. The molecule has 0 bridgehead atoms. The summed E-state index contributed by atoms with van der Waals surface area (Å²) in [5, 5.41) is 0. The van der Waals surface area contributed by atoms with E-state index in [9.17, 15) is 9.59 Å². The lowest BCUT2D eigenvalue weighted by Gasteiger charge is -2.36. The molecule has 146 valence electrons. The molecule has 25 heavy (non-hydrogen) atoms. The second kappa shape index (κ2) is 8.09. The average Bonchev–Trinajstić information content (AvgIpc) is 2.44. The molecule has 5 unspecified atom stereocenters. The first kappa shape index (κ1) is 22.0. The summed E-state index contributed by atoms with van der Waals surface area (Å²) in [6.07, 6.45) is 1.95. The lowest BCUT2D eigenvalue weighted by molar-refractivity contribution is -0.174. The summed E-state index contributed by atoms with van der Waals surface area (Å²) in [6.45, 7) is 18.2. The third-order valence-electron chi connectivity index (χ3n) is 5.74. The van der Waals surface area contributed by atoms with Crippen molar-refractivity contribution in [1.82, 2.24) is 0 Å². The van der Waals surface area contributed by atoms with E-state index >= 15 is 0 Å². The fourth-order valence-corrected chi connectivity index (χ4v) is 2.80. The Morgan fingerprint density at radius 2 is 1.20 bits per heavy atom. The molecular formula is C21H38O4. The molecule has 0 radical (unpaired) electrons. The predicted molar refractivity (Wildman–Crippen MR) is 100 cm³/mol. The topological polar surface area (TPSA) is 52.6 Å². The zero-order valence-electron chi connectivity index (χ0n) is 17.6. The van der Waals surface area contributed by atoms with Gasteiger partial charge in [-0.1, -0.05) is 48.5 Å². The molecule has 4 heteroatoms. The Morgan fingerprint density at radius 3 is 1.60 bits per heavy atom. The Morgan fingerprint density at radius 1 is 0.800 bits per heavy atom. The standard InChI is InChI=1S/C21H38O4/c1-13-10-11-16(18(22)24-14(2)20(4,5)6)17(12-13)19(23)25-15(3)21(7,8)9/h13-17H,10-12H2,1-9H3. The van der Waals surface area contributed by atoms with Crippen molar-refractivity contribution in [1.29, 1.82) is 0 Å². The highest BCUT2D eigenvalue weighted by atomic mass is 16.6. The Hall–Kier alpha value is -1.06. The number of rotatable bonds is 4. The van der Waals surface area contributed by atoms with Crippen molar-refractivity contribution in [3.05, 3.63) is 0 Å². The van der Waals surface area contributed by atoms with E-state index in [2.05, 4.69) is 6.92 Å². The highest BCUT2D eigenvalue weighted by Crippen LogP contribution is 2.37. The largest absolute Gasteiger partial charge is 0.462 e. The van der Waals surface area contributed by atoms with E-state index in [0.717, 1.165) is 6.42 Å². The van der Waals surface area contributed by atoms with Gasteiger partial charge in [0.15, 0.2) is 0 Å². The molecular weight excluding hydrogens is 316 g/mol. The molecule has 1 aliphatic carbocycles. The van der Waals surface area contributed by atoms with Gasteiger partial charge < -0.3 is 9.47 Å². The molecule has 0 saturated heterocycles. The highest BCUT2D eigenvalue weighted by molar-refractivity contribution is 5.82. The van der Waals surface area contributed by atoms with Gasteiger partial charge in [0.2, 0.25) is 0 Å². The summed E-state index contributed by atoms with van der Waals surface area (Å²) < 4.78 is 11.4. The second-order valence-electron chi connectivity index (χ2n) is 10.0. The monoisotopic (exact) mass is 354 g/mol. The smallest absolute Gasteiger partial charge is 0.310 e.